The molecule has 6 nitrogen and oxygen atoms in total. The Labute approximate surface area is 159 Å². The van der Waals surface area contributed by atoms with E-state index in [2.05, 4.69) is 28.3 Å². The van der Waals surface area contributed by atoms with Crippen molar-refractivity contribution in [2.75, 3.05) is 5.32 Å². The number of non-ortho nitro benzene ring substituents is 1. The Kier molecular flexibility index (Phi) is 4.29. The van der Waals surface area contributed by atoms with Crippen LogP contribution in [0.5, 0.6) is 0 Å². The van der Waals surface area contributed by atoms with Gasteiger partial charge in [-0.25, -0.2) is 9.97 Å². The predicted molar refractivity (Wildman–Crippen MR) is 109 cm³/mol. The summed E-state index contributed by atoms with van der Waals surface area (Å²) in [6.45, 7) is 4.10. The third kappa shape index (κ3) is 3.24. The lowest BCUT2D eigenvalue weighted by molar-refractivity contribution is -0.384. The predicted octanol–water partition coefficient (Wildman–Crippen LogP) is 5.63. The third-order valence-electron chi connectivity index (χ3n) is 4.37. The van der Waals surface area contributed by atoms with Crippen molar-refractivity contribution in [1.29, 1.82) is 0 Å². The van der Waals surface area contributed by atoms with Gasteiger partial charge in [-0.2, -0.15) is 0 Å². The van der Waals surface area contributed by atoms with Crippen molar-refractivity contribution in [3.05, 3.63) is 75.4 Å². The van der Waals surface area contributed by atoms with Crippen LogP contribution >= 0.6 is 11.3 Å². The number of hydrogen-bond acceptors (Lipinski definition) is 6. The summed E-state index contributed by atoms with van der Waals surface area (Å²) in [6.07, 6.45) is 1.53. The molecule has 1 N–H and O–H groups in total. The highest BCUT2D eigenvalue weighted by Crippen LogP contribution is 2.38. The largest absolute Gasteiger partial charge is 0.339 e. The summed E-state index contributed by atoms with van der Waals surface area (Å²) < 4.78 is 0. The Bertz CT molecular complexity index is 1170. The van der Waals surface area contributed by atoms with E-state index in [1.54, 1.807) is 12.1 Å². The number of nitro groups is 1. The molecule has 134 valence electrons. The van der Waals surface area contributed by atoms with E-state index in [-0.39, 0.29) is 10.6 Å². The standard InChI is InChI=1S/C20H16N4O2S/c1-12-6-7-17(13(2)8-12)23-19-18-16(10-27-20(18)22-11-21-19)14-4-3-5-15(9-14)24(25)26/h3-11H,1-2H3,(H,21,22,23). The van der Waals surface area contributed by atoms with Gasteiger partial charge >= 0.3 is 0 Å². The van der Waals surface area contributed by atoms with E-state index < -0.39 is 0 Å². The highest BCUT2D eigenvalue weighted by molar-refractivity contribution is 7.17. The van der Waals surface area contributed by atoms with Crippen molar-refractivity contribution in [3.8, 4) is 11.1 Å². The molecule has 0 atom stereocenters. The van der Waals surface area contributed by atoms with Gasteiger partial charge in [-0.3, -0.25) is 10.1 Å². The van der Waals surface area contributed by atoms with Crippen molar-refractivity contribution in [2.24, 2.45) is 0 Å². The number of aromatic nitrogens is 2. The average Bonchev–Trinajstić information content (AvgIpc) is 3.09. The molecule has 0 aliphatic rings. The maximum absolute atomic E-state index is 11.1. The van der Waals surface area contributed by atoms with E-state index in [9.17, 15) is 10.1 Å². The van der Waals surface area contributed by atoms with Crippen molar-refractivity contribution in [3.63, 3.8) is 0 Å². The normalized spacial score (nSPS) is 10.9. The third-order valence-corrected chi connectivity index (χ3v) is 5.26. The van der Waals surface area contributed by atoms with Crippen LogP contribution in [0.15, 0.2) is 54.2 Å². The fourth-order valence-corrected chi connectivity index (χ4v) is 3.97. The molecule has 0 radical (unpaired) electrons. The van der Waals surface area contributed by atoms with Gasteiger partial charge in [-0.1, -0.05) is 29.8 Å². The van der Waals surface area contributed by atoms with Gasteiger partial charge in [0.05, 0.1) is 10.3 Å². The first kappa shape index (κ1) is 17.1. The minimum atomic E-state index is -0.386. The van der Waals surface area contributed by atoms with Gasteiger partial charge in [-0.15, -0.1) is 11.3 Å². The second-order valence-electron chi connectivity index (χ2n) is 6.30. The molecule has 2 heterocycles. The van der Waals surface area contributed by atoms with Gasteiger partial charge in [-0.05, 0) is 31.0 Å². The average molecular weight is 376 g/mol. The molecule has 0 saturated carbocycles. The highest BCUT2D eigenvalue weighted by atomic mass is 32.1. The van der Waals surface area contributed by atoms with Gasteiger partial charge in [0.15, 0.2) is 0 Å². The molecule has 0 amide bonds. The lowest BCUT2D eigenvalue weighted by atomic mass is 10.1. The van der Waals surface area contributed by atoms with E-state index in [1.165, 1.54) is 29.3 Å². The molecule has 0 unspecified atom stereocenters. The van der Waals surface area contributed by atoms with E-state index >= 15 is 0 Å². The monoisotopic (exact) mass is 376 g/mol. The molecule has 2 aromatic heterocycles. The summed E-state index contributed by atoms with van der Waals surface area (Å²) in [4.78, 5) is 20.4. The molecule has 0 spiro atoms. The molecule has 0 aliphatic heterocycles. The smallest absolute Gasteiger partial charge is 0.270 e. The SMILES string of the molecule is Cc1ccc(Nc2ncnc3scc(-c4cccc([N+](=O)[O-])c4)c23)c(C)c1. The molecular formula is C20H16N4O2S. The van der Waals surface area contributed by atoms with Gasteiger partial charge in [0.25, 0.3) is 5.69 Å². The number of nitro benzene ring substituents is 1. The van der Waals surface area contributed by atoms with E-state index in [1.807, 2.05) is 30.5 Å². The molecule has 4 rings (SSSR count). The molecule has 7 heteroatoms. The zero-order valence-electron chi connectivity index (χ0n) is 14.8. The topological polar surface area (TPSA) is 81.0 Å². The van der Waals surface area contributed by atoms with Crippen LogP contribution < -0.4 is 5.32 Å². The fraction of sp³-hybridized carbons (Fsp3) is 0.100. The first-order chi connectivity index (χ1) is 13.0. The number of rotatable bonds is 4. The van der Waals surface area contributed by atoms with Crippen LogP contribution in [0.4, 0.5) is 17.2 Å². The van der Waals surface area contributed by atoms with Crippen LogP contribution in [0.3, 0.4) is 0 Å². The summed E-state index contributed by atoms with van der Waals surface area (Å²) in [7, 11) is 0. The van der Waals surface area contributed by atoms with Crippen LogP contribution in [0.2, 0.25) is 0 Å². The van der Waals surface area contributed by atoms with Gasteiger partial charge in [0.2, 0.25) is 0 Å². The Morgan fingerprint density at radius 1 is 1.11 bits per heavy atom. The molecule has 0 bridgehead atoms. The zero-order valence-corrected chi connectivity index (χ0v) is 15.6. The Morgan fingerprint density at radius 2 is 1.96 bits per heavy atom. The molecule has 27 heavy (non-hydrogen) atoms. The number of hydrogen-bond donors (Lipinski definition) is 1. The maximum Gasteiger partial charge on any atom is 0.270 e. The second kappa shape index (κ2) is 6.77. The number of thiophene rings is 1. The molecule has 0 saturated heterocycles. The Balaban J connectivity index is 1.85. The van der Waals surface area contributed by atoms with E-state index in [0.29, 0.717) is 5.82 Å². The number of anilines is 2. The minimum Gasteiger partial charge on any atom is -0.339 e. The van der Waals surface area contributed by atoms with Crippen LogP contribution in [-0.4, -0.2) is 14.9 Å². The lowest BCUT2D eigenvalue weighted by Crippen LogP contribution is -1.97. The van der Waals surface area contributed by atoms with Crippen molar-refractivity contribution >= 4 is 38.7 Å². The van der Waals surface area contributed by atoms with Crippen LogP contribution in [0.25, 0.3) is 21.3 Å². The molecular weight excluding hydrogens is 360 g/mol. The van der Waals surface area contributed by atoms with Gasteiger partial charge < -0.3 is 5.32 Å². The van der Waals surface area contributed by atoms with E-state index in [4.69, 9.17) is 0 Å². The summed E-state index contributed by atoms with van der Waals surface area (Å²) in [5.74, 6) is 0.690. The second-order valence-corrected chi connectivity index (χ2v) is 7.16. The maximum atomic E-state index is 11.1. The Morgan fingerprint density at radius 3 is 2.74 bits per heavy atom. The quantitative estimate of drug-likeness (QED) is 0.369. The van der Waals surface area contributed by atoms with Gasteiger partial charge in [0, 0.05) is 28.8 Å². The summed E-state index contributed by atoms with van der Waals surface area (Å²) in [5, 5.41) is 17.4. The lowest BCUT2D eigenvalue weighted by Gasteiger charge is -2.11. The van der Waals surface area contributed by atoms with Crippen LogP contribution in [-0.2, 0) is 0 Å². The molecule has 0 fully saturated rings. The fourth-order valence-electron chi connectivity index (χ4n) is 3.05. The Hall–Kier alpha value is -3.32. The number of benzene rings is 2. The number of fused-ring (bicyclic) bond motifs is 1. The molecule has 2 aromatic carbocycles. The van der Waals surface area contributed by atoms with E-state index in [0.717, 1.165) is 32.6 Å². The number of aryl methyl sites for hydroxylation is 2. The first-order valence-electron chi connectivity index (χ1n) is 8.34. The minimum absolute atomic E-state index is 0.0626. The zero-order chi connectivity index (χ0) is 19.0. The first-order valence-corrected chi connectivity index (χ1v) is 9.22. The number of nitrogens with zero attached hydrogens (tertiary/aromatic N) is 3. The molecule has 0 aliphatic carbocycles. The van der Waals surface area contributed by atoms with Crippen molar-refractivity contribution < 1.29 is 4.92 Å². The number of nitrogens with one attached hydrogen (secondary N) is 1. The summed E-state index contributed by atoms with van der Waals surface area (Å²) in [5.41, 5.74) is 5.00. The van der Waals surface area contributed by atoms with Crippen LogP contribution in [0, 0.1) is 24.0 Å². The summed E-state index contributed by atoms with van der Waals surface area (Å²) >= 11 is 1.49. The van der Waals surface area contributed by atoms with Gasteiger partial charge in [0.1, 0.15) is 17.0 Å². The van der Waals surface area contributed by atoms with Crippen molar-refractivity contribution in [2.45, 2.75) is 13.8 Å². The summed E-state index contributed by atoms with van der Waals surface area (Å²) in [6, 6.07) is 12.8. The molecule has 4 aromatic rings. The van der Waals surface area contributed by atoms with Crippen LogP contribution in [0.1, 0.15) is 11.1 Å². The highest BCUT2D eigenvalue weighted by Gasteiger charge is 2.16. The van der Waals surface area contributed by atoms with Crippen molar-refractivity contribution in [1.82, 2.24) is 9.97 Å².